The van der Waals surface area contributed by atoms with Crippen LogP contribution in [0.4, 0.5) is 0 Å². The summed E-state index contributed by atoms with van der Waals surface area (Å²) in [6.07, 6.45) is 1.03. The van der Waals surface area contributed by atoms with Crippen LogP contribution in [0.3, 0.4) is 0 Å². The van der Waals surface area contributed by atoms with Gasteiger partial charge in [0.25, 0.3) is 0 Å². The molecule has 0 saturated carbocycles. The quantitative estimate of drug-likeness (QED) is 0.741. The Kier molecular flexibility index (Phi) is 10.1. The predicted molar refractivity (Wildman–Crippen MR) is 120 cm³/mol. The van der Waals surface area contributed by atoms with E-state index in [0.29, 0.717) is 13.1 Å². The number of nitrogens with zero attached hydrogens (tertiary/aromatic N) is 5. The Bertz CT molecular complexity index is 780. The maximum Gasteiger partial charge on any atom is 0.237 e. The summed E-state index contributed by atoms with van der Waals surface area (Å²) < 4.78 is 1.96. The van der Waals surface area contributed by atoms with E-state index in [2.05, 4.69) is 46.7 Å². The molecule has 0 aliphatic carbocycles. The van der Waals surface area contributed by atoms with Gasteiger partial charge in [-0.15, -0.1) is 35.0 Å². The number of hydrogen-bond acceptors (Lipinski definition) is 5. The van der Waals surface area contributed by atoms with Crippen LogP contribution >= 0.6 is 24.8 Å². The fourth-order valence-corrected chi connectivity index (χ4v) is 3.48. The SMILES string of the molecule is CCc1ccc(C2CNCCN2C(=O)CN(C)Cc2nnc(C)n2C)cc1.Cl.Cl. The lowest BCUT2D eigenvalue weighted by atomic mass is 10.0. The van der Waals surface area contributed by atoms with Gasteiger partial charge in [0, 0.05) is 26.7 Å². The van der Waals surface area contributed by atoms with Gasteiger partial charge < -0.3 is 14.8 Å². The van der Waals surface area contributed by atoms with Crippen molar-refractivity contribution in [1.82, 2.24) is 29.9 Å². The molecular formula is C20H32Cl2N6O. The Morgan fingerprint density at radius 2 is 1.93 bits per heavy atom. The summed E-state index contributed by atoms with van der Waals surface area (Å²) in [6.45, 7) is 7.42. The molecule has 3 rings (SSSR count). The smallest absolute Gasteiger partial charge is 0.237 e. The molecule has 0 radical (unpaired) electrons. The molecule has 29 heavy (non-hydrogen) atoms. The first-order chi connectivity index (χ1) is 13.0. The second kappa shape index (κ2) is 11.5. The number of benzene rings is 1. The Morgan fingerprint density at radius 1 is 1.24 bits per heavy atom. The third-order valence-corrected chi connectivity index (χ3v) is 5.34. The van der Waals surface area contributed by atoms with E-state index in [1.807, 2.05) is 35.4 Å². The number of aryl methyl sites for hydroxylation is 2. The van der Waals surface area contributed by atoms with Gasteiger partial charge in [-0.25, -0.2) is 0 Å². The van der Waals surface area contributed by atoms with E-state index >= 15 is 0 Å². The van der Waals surface area contributed by atoms with E-state index in [-0.39, 0.29) is 36.8 Å². The minimum absolute atomic E-state index is 0. The lowest BCUT2D eigenvalue weighted by Crippen LogP contribution is -2.51. The predicted octanol–water partition coefficient (Wildman–Crippen LogP) is 2.13. The molecule has 1 fully saturated rings. The van der Waals surface area contributed by atoms with Crippen LogP contribution in [0.5, 0.6) is 0 Å². The Labute approximate surface area is 185 Å². The number of piperazine rings is 1. The molecule has 1 unspecified atom stereocenters. The fraction of sp³-hybridized carbons (Fsp3) is 0.550. The maximum absolute atomic E-state index is 13.0. The summed E-state index contributed by atoms with van der Waals surface area (Å²) >= 11 is 0. The minimum Gasteiger partial charge on any atom is -0.332 e. The Balaban J connectivity index is 0.00000210. The highest BCUT2D eigenvalue weighted by molar-refractivity contribution is 5.85. The van der Waals surface area contributed by atoms with Crippen LogP contribution in [0, 0.1) is 6.92 Å². The van der Waals surface area contributed by atoms with Crippen molar-refractivity contribution in [2.75, 3.05) is 33.2 Å². The molecule has 1 amide bonds. The van der Waals surface area contributed by atoms with Crippen molar-refractivity contribution >= 4 is 30.7 Å². The number of likely N-dealkylation sites (N-methyl/N-ethyl adjacent to an activating group) is 1. The minimum atomic E-state index is 0. The van der Waals surface area contributed by atoms with Crippen LogP contribution in [-0.4, -0.2) is 63.7 Å². The van der Waals surface area contributed by atoms with Gasteiger partial charge in [0.05, 0.1) is 19.1 Å². The highest BCUT2D eigenvalue weighted by Gasteiger charge is 2.28. The summed E-state index contributed by atoms with van der Waals surface area (Å²) in [4.78, 5) is 17.0. The van der Waals surface area contributed by atoms with Crippen LogP contribution < -0.4 is 5.32 Å². The first kappa shape index (κ1) is 25.4. The van der Waals surface area contributed by atoms with E-state index in [4.69, 9.17) is 0 Å². The molecule has 0 bridgehead atoms. The summed E-state index contributed by atoms with van der Waals surface area (Å²) in [5, 5.41) is 11.7. The van der Waals surface area contributed by atoms with E-state index in [1.54, 1.807) is 0 Å². The summed E-state index contributed by atoms with van der Waals surface area (Å²) in [6, 6.07) is 8.72. The maximum atomic E-state index is 13.0. The van der Waals surface area contributed by atoms with Crippen LogP contribution in [-0.2, 0) is 24.8 Å². The highest BCUT2D eigenvalue weighted by atomic mass is 35.5. The average molecular weight is 443 g/mol. The summed E-state index contributed by atoms with van der Waals surface area (Å²) in [5.41, 5.74) is 2.51. The molecular weight excluding hydrogens is 411 g/mol. The van der Waals surface area contributed by atoms with Crippen molar-refractivity contribution in [3.63, 3.8) is 0 Å². The van der Waals surface area contributed by atoms with Gasteiger partial charge in [-0.2, -0.15) is 0 Å². The van der Waals surface area contributed by atoms with Gasteiger partial charge in [-0.05, 0) is 31.5 Å². The first-order valence-electron chi connectivity index (χ1n) is 9.62. The Hall–Kier alpha value is -1.67. The standard InChI is InChI=1S/C20H30N6O.2ClH/c1-5-16-6-8-17(9-7-16)18-12-21-10-11-26(18)20(27)14-24(3)13-19-23-22-15(2)25(19)4;;/h6-9,18,21H,5,10-14H2,1-4H3;2*1H. The summed E-state index contributed by atoms with van der Waals surface area (Å²) in [5.74, 6) is 1.90. The van der Waals surface area contributed by atoms with E-state index < -0.39 is 0 Å². The molecule has 7 nitrogen and oxygen atoms in total. The van der Waals surface area contributed by atoms with E-state index in [0.717, 1.165) is 37.7 Å². The van der Waals surface area contributed by atoms with Gasteiger partial charge in [0.2, 0.25) is 5.91 Å². The molecule has 1 N–H and O–H groups in total. The second-order valence-corrected chi connectivity index (χ2v) is 7.30. The van der Waals surface area contributed by atoms with Crippen molar-refractivity contribution in [1.29, 1.82) is 0 Å². The number of nitrogens with one attached hydrogen (secondary N) is 1. The molecule has 2 heterocycles. The molecule has 162 valence electrons. The van der Waals surface area contributed by atoms with Crippen LogP contribution in [0.25, 0.3) is 0 Å². The van der Waals surface area contributed by atoms with Gasteiger partial charge in [0.1, 0.15) is 11.6 Å². The van der Waals surface area contributed by atoms with Crippen molar-refractivity contribution < 1.29 is 4.79 Å². The molecule has 1 aromatic carbocycles. The van der Waals surface area contributed by atoms with Crippen molar-refractivity contribution in [3.05, 3.63) is 47.0 Å². The zero-order valence-electron chi connectivity index (χ0n) is 17.6. The van der Waals surface area contributed by atoms with Crippen LogP contribution in [0.1, 0.15) is 35.7 Å². The lowest BCUT2D eigenvalue weighted by Gasteiger charge is -2.37. The second-order valence-electron chi connectivity index (χ2n) is 7.30. The van der Waals surface area contributed by atoms with Crippen molar-refractivity contribution in [2.45, 2.75) is 32.9 Å². The number of hydrogen-bond donors (Lipinski definition) is 1. The molecule has 2 aromatic rings. The van der Waals surface area contributed by atoms with Crippen LogP contribution in [0.2, 0.25) is 0 Å². The van der Waals surface area contributed by atoms with Gasteiger partial charge >= 0.3 is 0 Å². The fourth-order valence-electron chi connectivity index (χ4n) is 3.48. The zero-order valence-corrected chi connectivity index (χ0v) is 19.2. The molecule has 1 aliphatic heterocycles. The third-order valence-electron chi connectivity index (χ3n) is 5.34. The monoisotopic (exact) mass is 442 g/mol. The molecule has 1 aromatic heterocycles. The topological polar surface area (TPSA) is 66.3 Å². The van der Waals surface area contributed by atoms with Gasteiger partial charge in [-0.1, -0.05) is 31.2 Å². The summed E-state index contributed by atoms with van der Waals surface area (Å²) in [7, 11) is 3.90. The molecule has 1 aliphatic rings. The molecule has 1 saturated heterocycles. The Morgan fingerprint density at radius 3 is 2.52 bits per heavy atom. The van der Waals surface area contributed by atoms with Crippen molar-refractivity contribution in [3.8, 4) is 0 Å². The number of amides is 1. The van der Waals surface area contributed by atoms with Gasteiger partial charge in [0.15, 0.2) is 0 Å². The number of halogens is 2. The molecule has 9 heteroatoms. The lowest BCUT2D eigenvalue weighted by molar-refractivity contribution is -0.135. The zero-order chi connectivity index (χ0) is 19.4. The van der Waals surface area contributed by atoms with E-state index in [1.165, 1.54) is 11.1 Å². The number of carbonyl (C=O) groups is 1. The van der Waals surface area contributed by atoms with Gasteiger partial charge in [-0.3, -0.25) is 9.69 Å². The third kappa shape index (κ3) is 6.15. The average Bonchev–Trinajstić information content (AvgIpc) is 3.00. The first-order valence-corrected chi connectivity index (χ1v) is 9.62. The van der Waals surface area contributed by atoms with Crippen LogP contribution in [0.15, 0.2) is 24.3 Å². The largest absolute Gasteiger partial charge is 0.332 e. The van der Waals surface area contributed by atoms with Crippen molar-refractivity contribution in [2.24, 2.45) is 7.05 Å². The molecule has 0 spiro atoms. The highest BCUT2D eigenvalue weighted by Crippen LogP contribution is 2.23. The van der Waals surface area contributed by atoms with E-state index in [9.17, 15) is 4.79 Å². The number of carbonyl (C=O) groups excluding carboxylic acids is 1. The number of aromatic nitrogens is 3. The normalized spacial score (nSPS) is 16.3. The molecule has 1 atom stereocenters. The number of rotatable bonds is 6.